The third kappa shape index (κ3) is 2.96. The van der Waals surface area contributed by atoms with E-state index < -0.39 is 0 Å². The van der Waals surface area contributed by atoms with Gasteiger partial charge in [0.05, 0.1) is 11.6 Å². The van der Waals surface area contributed by atoms with Crippen LogP contribution < -0.4 is 11.1 Å². The Morgan fingerprint density at radius 2 is 2.40 bits per heavy atom. The second kappa shape index (κ2) is 6.55. The van der Waals surface area contributed by atoms with Gasteiger partial charge in [0, 0.05) is 18.4 Å². The zero-order chi connectivity index (χ0) is 14.6. The minimum absolute atomic E-state index is 0.0962. The highest BCUT2D eigenvalue weighted by molar-refractivity contribution is 5.42. The largest absolute Gasteiger partial charge is 0.383 e. The van der Waals surface area contributed by atoms with Crippen molar-refractivity contribution in [1.29, 1.82) is 0 Å². The molecule has 0 aliphatic heterocycles. The number of nitrogens with two attached hydrogens (primary N) is 1. The Morgan fingerprint density at radius 1 is 1.60 bits per heavy atom. The van der Waals surface area contributed by atoms with Crippen LogP contribution in [0.3, 0.4) is 0 Å². The zero-order valence-corrected chi connectivity index (χ0v) is 12.9. The number of nitrogen functional groups attached to an aromatic ring is 1. The number of anilines is 1. The van der Waals surface area contributed by atoms with Crippen molar-refractivity contribution in [2.45, 2.75) is 51.2 Å². The van der Waals surface area contributed by atoms with E-state index in [4.69, 9.17) is 10.5 Å². The van der Waals surface area contributed by atoms with Gasteiger partial charge in [-0.25, -0.2) is 4.98 Å². The molecule has 0 radical (unpaired) electrons. The summed E-state index contributed by atoms with van der Waals surface area (Å²) >= 11 is 0. The normalized spacial score (nSPS) is 28.2. The van der Waals surface area contributed by atoms with E-state index in [0.717, 1.165) is 25.0 Å². The molecule has 1 aromatic heterocycles. The van der Waals surface area contributed by atoms with Gasteiger partial charge in [-0.1, -0.05) is 25.8 Å². The van der Waals surface area contributed by atoms with Crippen LogP contribution >= 0.6 is 0 Å². The summed E-state index contributed by atoms with van der Waals surface area (Å²) in [4.78, 5) is 4.24. The number of hydrogen-bond donors (Lipinski definition) is 2. The molecule has 0 amide bonds. The first-order chi connectivity index (χ1) is 9.63. The molecule has 3 atom stereocenters. The summed E-state index contributed by atoms with van der Waals surface area (Å²) in [5, 5.41) is 3.43. The van der Waals surface area contributed by atoms with Crippen LogP contribution in [-0.2, 0) is 4.74 Å². The molecule has 1 fully saturated rings. The third-order valence-corrected chi connectivity index (χ3v) is 4.42. The molecule has 4 heteroatoms. The van der Waals surface area contributed by atoms with Crippen molar-refractivity contribution in [3.8, 4) is 0 Å². The van der Waals surface area contributed by atoms with E-state index in [2.05, 4.69) is 30.2 Å². The number of likely N-dealkylation sites (N-methyl/N-ethyl adjacent to an activating group) is 1. The topological polar surface area (TPSA) is 60.2 Å². The van der Waals surface area contributed by atoms with E-state index in [9.17, 15) is 0 Å². The van der Waals surface area contributed by atoms with Crippen LogP contribution in [0.5, 0.6) is 0 Å². The number of aromatic nitrogens is 1. The fraction of sp³-hybridized carbons (Fsp3) is 0.688. The minimum Gasteiger partial charge on any atom is -0.383 e. The molecule has 1 heterocycles. The summed E-state index contributed by atoms with van der Waals surface area (Å²) in [6, 6.07) is 4.10. The molecular formula is C16H27N3O. The van der Waals surface area contributed by atoms with Crippen molar-refractivity contribution in [2.75, 3.05) is 19.4 Å². The average Bonchev–Trinajstić information content (AvgIpc) is 2.42. The number of rotatable bonds is 5. The molecule has 20 heavy (non-hydrogen) atoms. The lowest BCUT2D eigenvalue weighted by molar-refractivity contribution is -0.100. The third-order valence-electron chi connectivity index (χ3n) is 4.42. The van der Waals surface area contributed by atoms with Crippen molar-refractivity contribution in [1.82, 2.24) is 10.3 Å². The standard InChI is InChI=1S/C16H27N3O/c1-4-20-16(9-5-7-12(2)11-16)14(18-3)13-8-6-10-19-15(13)17/h6,8,10,12,14,18H,4-5,7,9,11H2,1-3H3,(H2,17,19). The van der Waals surface area contributed by atoms with Crippen LogP contribution in [0.4, 0.5) is 5.82 Å². The molecule has 3 N–H and O–H groups in total. The van der Waals surface area contributed by atoms with Crippen molar-refractivity contribution in [2.24, 2.45) is 5.92 Å². The molecule has 0 aromatic carbocycles. The fourth-order valence-corrected chi connectivity index (χ4v) is 3.68. The van der Waals surface area contributed by atoms with E-state index in [0.29, 0.717) is 11.7 Å². The van der Waals surface area contributed by atoms with Gasteiger partial charge in [0.15, 0.2) is 0 Å². The Kier molecular flexibility index (Phi) is 5.00. The molecule has 4 nitrogen and oxygen atoms in total. The van der Waals surface area contributed by atoms with Crippen LogP contribution in [-0.4, -0.2) is 24.2 Å². The Bertz CT molecular complexity index is 433. The first kappa shape index (κ1) is 15.3. The minimum atomic E-state index is -0.168. The van der Waals surface area contributed by atoms with Crippen LogP contribution in [0.1, 0.15) is 51.1 Å². The molecule has 1 saturated carbocycles. The summed E-state index contributed by atoms with van der Waals surface area (Å²) < 4.78 is 6.26. The Hall–Kier alpha value is -1.13. The molecule has 2 rings (SSSR count). The maximum atomic E-state index is 6.26. The van der Waals surface area contributed by atoms with Gasteiger partial charge in [-0.3, -0.25) is 0 Å². The van der Waals surface area contributed by atoms with Gasteiger partial charge < -0.3 is 15.8 Å². The lowest BCUT2D eigenvalue weighted by Crippen LogP contribution is -2.48. The zero-order valence-electron chi connectivity index (χ0n) is 12.9. The molecule has 1 aliphatic rings. The number of nitrogens with zero attached hydrogens (tertiary/aromatic N) is 1. The van der Waals surface area contributed by atoms with Gasteiger partial charge >= 0.3 is 0 Å². The summed E-state index contributed by atoms with van der Waals surface area (Å²) in [7, 11) is 1.98. The highest BCUT2D eigenvalue weighted by Gasteiger charge is 2.43. The lowest BCUT2D eigenvalue weighted by Gasteiger charge is -2.45. The smallest absolute Gasteiger partial charge is 0.128 e. The molecule has 0 spiro atoms. The first-order valence-corrected chi connectivity index (χ1v) is 7.64. The van der Waals surface area contributed by atoms with Gasteiger partial charge in [0.1, 0.15) is 5.82 Å². The first-order valence-electron chi connectivity index (χ1n) is 7.64. The van der Waals surface area contributed by atoms with Gasteiger partial charge in [0.2, 0.25) is 0 Å². The molecule has 0 saturated heterocycles. The Balaban J connectivity index is 2.37. The maximum absolute atomic E-state index is 6.26. The summed E-state index contributed by atoms with van der Waals surface area (Å²) in [5.74, 6) is 1.29. The summed E-state index contributed by atoms with van der Waals surface area (Å²) in [6.45, 7) is 5.11. The number of nitrogens with one attached hydrogen (secondary N) is 1. The summed E-state index contributed by atoms with van der Waals surface area (Å²) in [5.41, 5.74) is 6.97. The maximum Gasteiger partial charge on any atom is 0.128 e. The van der Waals surface area contributed by atoms with Crippen molar-refractivity contribution < 1.29 is 4.74 Å². The van der Waals surface area contributed by atoms with Crippen LogP contribution in [0.25, 0.3) is 0 Å². The predicted molar refractivity (Wildman–Crippen MR) is 82.4 cm³/mol. The van der Waals surface area contributed by atoms with E-state index in [1.165, 1.54) is 12.8 Å². The fourth-order valence-electron chi connectivity index (χ4n) is 3.68. The lowest BCUT2D eigenvalue weighted by atomic mass is 9.72. The highest BCUT2D eigenvalue weighted by atomic mass is 16.5. The van der Waals surface area contributed by atoms with E-state index in [1.54, 1.807) is 6.20 Å². The second-order valence-corrected chi connectivity index (χ2v) is 5.90. The van der Waals surface area contributed by atoms with Crippen molar-refractivity contribution >= 4 is 5.82 Å². The molecule has 112 valence electrons. The van der Waals surface area contributed by atoms with Crippen molar-refractivity contribution in [3.63, 3.8) is 0 Å². The van der Waals surface area contributed by atoms with E-state index in [1.807, 2.05) is 13.1 Å². The number of pyridine rings is 1. The molecule has 0 bridgehead atoms. The monoisotopic (exact) mass is 277 g/mol. The molecule has 1 aliphatic carbocycles. The highest BCUT2D eigenvalue weighted by Crippen LogP contribution is 2.44. The van der Waals surface area contributed by atoms with Crippen molar-refractivity contribution in [3.05, 3.63) is 23.9 Å². The second-order valence-electron chi connectivity index (χ2n) is 5.90. The number of ether oxygens (including phenoxy) is 1. The van der Waals surface area contributed by atoms with Gasteiger partial charge in [-0.15, -0.1) is 0 Å². The average molecular weight is 277 g/mol. The van der Waals surface area contributed by atoms with E-state index in [-0.39, 0.29) is 11.6 Å². The number of hydrogen-bond acceptors (Lipinski definition) is 4. The molecule has 3 unspecified atom stereocenters. The summed E-state index contributed by atoms with van der Waals surface area (Å²) in [6.07, 6.45) is 6.38. The van der Waals surface area contributed by atoms with Crippen LogP contribution in [0.2, 0.25) is 0 Å². The predicted octanol–water partition coefficient (Wildman–Crippen LogP) is 2.91. The quantitative estimate of drug-likeness (QED) is 0.869. The van der Waals surface area contributed by atoms with Gasteiger partial charge in [-0.05, 0) is 38.8 Å². The Labute approximate surface area is 122 Å². The molecular weight excluding hydrogens is 250 g/mol. The van der Waals surface area contributed by atoms with Crippen LogP contribution in [0, 0.1) is 5.92 Å². The van der Waals surface area contributed by atoms with Gasteiger partial charge in [0.25, 0.3) is 0 Å². The molecule has 1 aromatic rings. The SMILES string of the molecule is CCOC1(C(NC)c2cccnc2N)CCCC(C)C1. The Morgan fingerprint density at radius 3 is 3.00 bits per heavy atom. The van der Waals surface area contributed by atoms with Gasteiger partial charge in [-0.2, -0.15) is 0 Å². The van der Waals surface area contributed by atoms with E-state index >= 15 is 0 Å². The van der Waals surface area contributed by atoms with Crippen LogP contribution in [0.15, 0.2) is 18.3 Å².